The summed E-state index contributed by atoms with van der Waals surface area (Å²) in [6.45, 7) is 0. The van der Waals surface area contributed by atoms with Crippen LogP contribution in [0.25, 0.3) is 10.9 Å². The SMILES string of the molecule is N#Cc1ccnc(Nc2cccc3cccnc23)c1N. The van der Waals surface area contributed by atoms with Gasteiger partial charge >= 0.3 is 0 Å². The minimum Gasteiger partial charge on any atom is -0.395 e. The standard InChI is InChI=1S/C15H11N5/c16-9-11-6-8-19-15(13(11)17)20-12-5-1-3-10-4-2-7-18-14(10)12/h1-8H,17H2,(H,19,20). The number of nitrogens with zero attached hydrogens (tertiary/aromatic N) is 3. The Kier molecular flexibility index (Phi) is 2.90. The zero-order valence-electron chi connectivity index (χ0n) is 10.5. The molecule has 2 aromatic heterocycles. The van der Waals surface area contributed by atoms with Crippen LogP contribution in [-0.2, 0) is 0 Å². The van der Waals surface area contributed by atoms with Crippen LogP contribution in [0.3, 0.4) is 0 Å². The maximum atomic E-state index is 8.98. The highest BCUT2D eigenvalue weighted by Gasteiger charge is 2.08. The predicted molar refractivity (Wildman–Crippen MR) is 78.4 cm³/mol. The summed E-state index contributed by atoms with van der Waals surface area (Å²) in [4.78, 5) is 8.53. The Balaban J connectivity index is 2.09. The number of fused-ring (bicyclic) bond motifs is 1. The number of nitrogens with two attached hydrogens (primary N) is 1. The molecule has 20 heavy (non-hydrogen) atoms. The fourth-order valence-corrected chi connectivity index (χ4v) is 2.00. The molecule has 0 fully saturated rings. The summed E-state index contributed by atoms with van der Waals surface area (Å²) in [7, 11) is 0. The van der Waals surface area contributed by atoms with Gasteiger partial charge in [-0.05, 0) is 18.2 Å². The Morgan fingerprint density at radius 3 is 2.75 bits per heavy atom. The highest BCUT2D eigenvalue weighted by atomic mass is 15.0. The zero-order valence-corrected chi connectivity index (χ0v) is 10.5. The molecular weight excluding hydrogens is 250 g/mol. The van der Waals surface area contributed by atoms with Crippen LogP contribution >= 0.6 is 0 Å². The molecule has 0 atom stereocenters. The van der Waals surface area contributed by atoms with Crippen LogP contribution < -0.4 is 11.1 Å². The topological polar surface area (TPSA) is 87.6 Å². The van der Waals surface area contributed by atoms with Crippen molar-refractivity contribution >= 4 is 28.1 Å². The first-order chi connectivity index (χ1) is 9.79. The van der Waals surface area contributed by atoms with Gasteiger partial charge in [-0.2, -0.15) is 5.26 Å². The molecule has 2 heterocycles. The van der Waals surface area contributed by atoms with Crippen LogP contribution in [0.2, 0.25) is 0 Å². The molecule has 0 radical (unpaired) electrons. The second kappa shape index (κ2) is 4.86. The first kappa shape index (κ1) is 11.9. The van der Waals surface area contributed by atoms with E-state index in [0.717, 1.165) is 16.6 Å². The molecule has 5 heteroatoms. The molecule has 96 valence electrons. The van der Waals surface area contributed by atoms with Crippen molar-refractivity contribution in [1.82, 2.24) is 9.97 Å². The summed E-state index contributed by atoms with van der Waals surface area (Å²) in [6, 6.07) is 13.3. The summed E-state index contributed by atoms with van der Waals surface area (Å²) >= 11 is 0. The van der Waals surface area contributed by atoms with Crippen LogP contribution in [0, 0.1) is 11.3 Å². The molecule has 1 aromatic carbocycles. The van der Waals surface area contributed by atoms with E-state index >= 15 is 0 Å². The predicted octanol–water partition coefficient (Wildman–Crippen LogP) is 2.83. The summed E-state index contributed by atoms with van der Waals surface area (Å²) in [6.07, 6.45) is 3.28. The van der Waals surface area contributed by atoms with E-state index in [0.29, 0.717) is 17.1 Å². The molecule has 0 saturated heterocycles. The maximum Gasteiger partial charge on any atom is 0.155 e. The summed E-state index contributed by atoms with van der Waals surface area (Å²) < 4.78 is 0. The lowest BCUT2D eigenvalue weighted by molar-refractivity contribution is 1.29. The number of nitrogens with one attached hydrogen (secondary N) is 1. The van der Waals surface area contributed by atoms with Gasteiger partial charge in [0.15, 0.2) is 5.82 Å². The van der Waals surface area contributed by atoms with Gasteiger partial charge in [-0.1, -0.05) is 18.2 Å². The Bertz CT molecular complexity index is 815. The van der Waals surface area contributed by atoms with Crippen LogP contribution in [0.5, 0.6) is 0 Å². The summed E-state index contributed by atoms with van der Waals surface area (Å²) in [5.74, 6) is 0.460. The molecule has 3 N–H and O–H groups in total. The number of aromatic nitrogens is 2. The number of benzene rings is 1. The minimum atomic E-state index is 0.336. The largest absolute Gasteiger partial charge is 0.395 e. The fraction of sp³-hybridized carbons (Fsp3) is 0. The molecule has 0 spiro atoms. The van der Waals surface area contributed by atoms with Gasteiger partial charge in [-0.25, -0.2) is 4.98 Å². The van der Waals surface area contributed by atoms with Crippen LogP contribution in [0.4, 0.5) is 17.2 Å². The molecule has 0 aliphatic rings. The Labute approximate surface area is 115 Å². The van der Waals surface area contributed by atoms with Crippen molar-refractivity contribution in [3.63, 3.8) is 0 Å². The molecule has 3 rings (SSSR count). The summed E-state index contributed by atoms with van der Waals surface area (Å²) in [5.41, 5.74) is 8.29. The maximum absolute atomic E-state index is 8.98. The van der Waals surface area contributed by atoms with E-state index < -0.39 is 0 Å². The van der Waals surface area contributed by atoms with E-state index in [1.54, 1.807) is 18.5 Å². The van der Waals surface area contributed by atoms with Crippen molar-refractivity contribution < 1.29 is 0 Å². The van der Waals surface area contributed by atoms with E-state index in [4.69, 9.17) is 11.0 Å². The number of para-hydroxylation sites is 1. The number of nitriles is 1. The van der Waals surface area contributed by atoms with Gasteiger partial charge in [-0.15, -0.1) is 0 Å². The molecule has 0 bridgehead atoms. The van der Waals surface area contributed by atoms with Gasteiger partial charge in [0.1, 0.15) is 6.07 Å². The third-order valence-corrected chi connectivity index (χ3v) is 3.00. The van der Waals surface area contributed by atoms with Crippen molar-refractivity contribution in [3.8, 4) is 6.07 Å². The Hall–Kier alpha value is -3.13. The molecule has 0 unspecified atom stereocenters. The molecule has 0 amide bonds. The molecule has 0 aliphatic heterocycles. The highest BCUT2D eigenvalue weighted by Crippen LogP contribution is 2.27. The normalized spacial score (nSPS) is 10.2. The number of hydrogen-bond acceptors (Lipinski definition) is 5. The number of nitrogen functional groups attached to an aromatic ring is 1. The van der Waals surface area contributed by atoms with Crippen molar-refractivity contribution in [1.29, 1.82) is 5.26 Å². The van der Waals surface area contributed by atoms with E-state index in [1.165, 1.54) is 0 Å². The highest BCUT2D eigenvalue weighted by molar-refractivity contribution is 5.92. The Morgan fingerprint density at radius 1 is 1.05 bits per heavy atom. The van der Waals surface area contributed by atoms with E-state index in [1.807, 2.05) is 36.4 Å². The molecule has 0 aliphatic carbocycles. The number of rotatable bonds is 2. The smallest absolute Gasteiger partial charge is 0.155 e. The second-order valence-electron chi connectivity index (χ2n) is 4.24. The second-order valence-corrected chi connectivity index (χ2v) is 4.24. The van der Waals surface area contributed by atoms with Crippen LogP contribution in [-0.4, -0.2) is 9.97 Å². The van der Waals surface area contributed by atoms with Gasteiger partial charge in [0.2, 0.25) is 0 Å². The van der Waals surface area contributed by atoms with E-state index in [9.17, 15) is 0 Å². The third-order valence-electron chi connectivity index (χ3n) is 3.00. The van der Waals surface area contributed by atoms with Crippen molar-refractivity contribution in [2.45, 2.75) is 0 Å². The molecule has 3 aromatic rings. The average Bonchev–Trinajstić information content (AvgIpc) is 2.50. The lowest BCUT2D eigenvalue weighted by Gasteiger charge is -2.10. The van der Waals surface area contributed by atoms with Crippen molar-refractivity contribution in [2.24, 2.45) is 0 Å². The molecule has 5 nitrogen and oxygen atoms in total. The zero-order chi connectivity index (χ0) is 13.9. The van der Waals surface area contributed by atoms with Crippen molar-refractivity contribution in [2.75, 3.05) is 11.1 Å². The average molecular weight is 261 g/mol. The van der Waals surface area contributed by atoms with E-state index in [2.05, 4.69) is 15.3 Å². The third kappa shape index (κ3) is 1.99. The minimum absolute atomic E-state index is 0.336. The van der Waals surface area contributed by atoms with Gasteiger partial charge in [-0.3, -0.25) is 4.98 Å². The van der Waals surface area contributed by atoms with Crippen LogP contribution in [0.1, 0.15) is 5.56 Å². The van der Waals surface area contributed by atoms with Gasteiger partial charge in [0.25, 0.3) is 0 Å². The first-order valence-corrected chi connectivity index (χ1v) is 6.05. The van der Waals surface area contributed by atoms with Crippen molar-refractivity contribution in [3.05, 3.63) is 54.4 Å². The quantitative estimate of drug-likeness (QED) is 0.740. The van der Waals surface area contributed by atoms with Gasteiger partial charge in [0.05, 0.1) is 22.5 Å². The first-order valence-electron chi connectivity index (χ1n) is 6.05. The van der Waals surface area contributed by atoms with Crippen LogP contribution in [0.15, 0.2) is 48.8 Å². The summed E-state index contributed by atoms with van der Waals surface area (Å²) in [5, 5.41) is 13.1. The Morgan fingerprint density at radius 2 is 1.90 bits per heavy atom. The lowest BCUT2D eigenvalue weighted by atomic mass is 10.2. The van der Waals surface area contributed by atoms with E-state index in [-0.39, 0.29) is 0 Å². The number of pyridine rings is 2. The number of anilines is 3. The monoisotopic (exact) mass is 261 g/mol. The molecular formula is C15H11N5. The fourth-order valence-electron chi connectivity index (χ4n) is 2.00. The van der Waals surface area contributed by atoms with Gasteiger partial charge < -0.3 is 11.1 Å². The molecule has 0 saturated carbocycles. The number of hydrogen-bond donors (Lipinski definition) is 2. The lowest BCUT2D eigenvalue weighted by Crippen LogP contribution is -2.02. The van der Waals surface area contributed by atoms with Gasteiger partial charge in [0, 0.05) is 17.8 Å².